The molecule has 0 fully saturated rings. The Morgan fingerprint density at radius 2 is 1.41 bits per heavy atom. The normalized spacial score (nSPS) is 18.7. The average Bonchev–Trinajstić information content (AvgIpc) is 3.59. The maximum Gasteiger partial charge on any atom is 0.0747 e. The second kappa shape index (κ2) is 12.5. The number of hydrogen-bond donors (Lipinski definition) is 0. The summed E-state index contributed by atoms with van der Waals surface area (Å²) in [5.41, 5.74) is 17.3. The minimum Gasteiger partial charge on any atom is -0.376 e. The minimum absolute atomic E-state index is 0.0450. The molecule has 2 aliphatic carbocycles. The highest BCUT2D eigenvalue weighted by molar-refractivity contribution is 6.83. The van der Waals surface area contributed by atoms with E-state index in [2.05, 4.69) is 140 Å². The van der Waals surface area contributed by atoms with Gasteiger partial charge in [-0.25, -0.2) is 0 Å². The molecule has 0 N–H and O–H groups in total. The molecule has 3 aromatic carbocycles. The molecule has 0 saturated carbocycles. The van der Waals surface area contributed by atoms with Crippen molar-refractivity contribution in [3.05, 3.63) is 99.7 Å². The van der Waals surface area contributed by atoms with Crippen LogP contribution in [0.1, 0.15) is 97.7 Å². The van der Waals surface area contributed by atoms with Gasteiger partial charge < -0.3 is 9.30 Å². The van der Waals surface area contributed by atoms with Crippen molar-refractivity contribution in [1.29, 1.82) is 0 Å². The van der Waals surface area contributed by atoms with Gasteiger partial charge in [0.15, 0.2) is 0 Å². The lowest BCUT2D eigenvalue weighted by atomic mass is 9.96. The third kappa shape index (κ3) is 5.68. The average molecular weight is 630 g/mol. The fourth-order valence-corrected chi connectivity index (χ4v) is 15.6. The summed E-state index contributed by atoms with van der Waals surface area (Å²) in [5.74, 6) is 0. The number of benzene rings is 3. The highest BCUT2D eigenvalue weighted by Crippen LogP contribution is 2.57. The largest absolute Gasteiger partial charge is 0.376 e. The van der Waals surface area contributed by atoms with Crippen molar-refractivity contribution in [1.82, 2.24) is 4.57 Å². The molecule has 2 atom stereocenters. The lowest BCUT2D eigenvalue weighted by molar-refractivity contribution is -0.00471. The Kier molecular flexibility index (Phi) is 8.89. The number of aryl methyl sites for hydroxylation is 1. The maximum absolute atomic E-state index is 6.03. The Hall–Kier alpha value is -3.14. The van der Waals surface area contributed by atoms with Crippen LogP contribution in [0.2, 0.25) is 18.1 Å². The molecule has 2 unspecified atom stereocenters. The van der Waals surface area contributed by atoms with Gasteiger partial charge in [0.25, 0.3) is 0 Å². The van der Waals surface area contributed by atoms with Gasteiger partial charge in [0, 0.05) is 41.0 Å². The van der Waals surface area contributed by atoms with Crippen LogP contribution in [0.15, 0.2) is 88.5 Å². The number of rotatable bonds is 10. The van der Waals surface area contributed by atoms with Gasteiger partial charge in [0.2, 0.25) is 0 Å². The number of allylic oxidation sites excluding steroid dienone is 5. The predicted octanol–water partition coefficient (Wildman–Crippen LogP) is 12.5. The number of fused-ring (bicyclic) bond motifs is 4. The van der Waals surface area contributed by atoms with Crippen LogP contribution in [0.3, 0.4) is 0 Å². The smallest absolute Gasteiger partial charge is 0.0747 e. The van der Waals surface area contributed by atoms with Crippen LogP contribution in [0.5, 0.6) is 0 Å². The molecule has 1 aromatic heterocycles. The third-order valence-electron chi connectivity index (χ3n) is 11.6. The quantitative estimate of drug-likeness (QED) is 0.126. The Bertz CT molecular complexity index is 1870. The molecule has 2 aliphatic rings. The lowest BCUT2D eigenvalue weighted by Crippen LogP contribution is -2.44. The van der Waals surface area contributed by atoms with Crippen LogP contribution >= 0.6 is 0 Å². The molecule has 0 spiro atoms. The van der Waals surface area contributed by atoms with Crippen molar-refractivity contribution < 1.29 is 4.74 Å². The van der Waals surface area contributed by atoms with Crippen molar-refractivity contribution in [3.8, 4) is 11.1 Å². The zero-order valence-electron chi connectivity index (χ0n) is 30.1. The van der Waals surface area contributed by atoms with Gasteiger partial charge >= 0.3 is 0 Å². The summed E-state index contributed by atoms with van der Waals surface area (Å²) in [5, 5.41) is 2.68. The summed E-state index contributed by atoms with van der Waals surface area (Å²) in [6.45, 7) is 22.1. The molecule has 0 aliphatic heterocycles. The van der Waals surface area contributed by atoms with E-state index in [1.165, 1.54) is 74.9 Å². The molecule has 0 amide bonds. The first-order chi connectivity index (χ1) is 21.8. The van der Waals surface area contributed by atoms with Gasteiger partial charge in [-0.1, -0.05) is 97.1 Å². The lowest BCUT2D eigenvalue weighted by Gasteiger charge is -2.43. The molecular weight excluding hydrogens is 575 g/mol. The van der Waals surface area contributed by atoms with Crippen LogP contribution in [0, 0.1) is 0 Å². The van der Waals surface area contributed by atoms with E-state index in [-0.39, 0.29) is 5.60 Å². The van der Waals surface area contributed by atoms with Crippen LogP contribution in [0.25, 0.3) is 39.0 Å². The van der Waals surface area contributed by atoms with Crippen molar-refractivity contribution in [2.24, 2.45) is 7.05 Å². The van der Waals surface area contributed by atoms with E-state index >= 15 is 0 Å². The first kappa shape index (κ1) is 32.8. The number of para-hydroxylation sites is 1. The molecule has 242 valence electrons. The van der Waals surface area contributed by atoms with E-state index in [1.54, 1.807) is 22.3 Å². The Balaban J connectivity index is 1.36. The molecule has 2 nitrogen and oxygen atoms in total. The highest BCUT2D eigenvalue weighted by Gasteiger charge is 2.49. The topological polar surface area (TPSA) is 14.2 Å². The van der Waals surface area contributed by atoms with Crippen molar-refractivity contribution in [2.75, 3.05) is 6.61 Å². The number of hydrogen-bond acceptors (Lipinski definition) is 1. The molecule has 0 radical (unpaired) electrons. The van der Waals surface area contributed by atoms with E-state index in [0.29, 0.717) is 11.1 Å². The summed E-state index contributed by atoms with van der Waals surface area (Å²) in [7, 11) is 0.261. The van der Waals surface area contributed by atoms with Crippen LogP contribution in [-0.2, 0) is 11.8 Å². The number of aromatic nitrogens is 1. The Morgan fingerprint density at radius 3 is 2.13 bits per heavy atom. The number of ether oxygens (including phenoxy) is 1. The molecule has 1 heterocycles. The van der Waals surface area contributed by atoms with Gasteiger partial charge in [0.05, 0.1) is 13.7 Å². The van der Waals surface area contributed by atoms with E-state index in [9.17, 15) is 0 Å². The van der Waals surface area contributed by atoms with Crippen LogP contribution in [0.4, 0.5) is 0 Å². The molecule has 0 saturated heterocycles. The van der Waals surface area contributed by atoms with Crippen molar-refractivity contribution in [2.45, 2.75) is 110 Å². The summed E-state index contributed by atoms with van der Waals surface area (Å²) in [6.07, 6.45) is 7.57. The van der Waals surface area contributed by atoms with Crippen molar-refractivity contribution in [3.63, 3.8) is 0 Å². The standard InChI is InChI=1S/C43H55NOSi/c1-28-26-37-34(33-22-23-40-38(27-33)35-18-13-14-21-39(35)44(40)9)19-17-20-36(37)41(28)46(10,42-31(4)29(2)30(3)32(42)5)25-16-12-11-15-24-45-43(6,7)8/h13-14,17-23,26-27,41-42H,11-12,15-16,24-25H2,1-10H3. The van der Waals surface area contributed by atoms with E-state index in [1.807, 2.05) is 0 Å². The predicted molar refractivity (Wildman–Crippen MR) is 203 cm³/mol. The van der Waals surface area contributed by atoms with Gasteiger partial charge in [-0.05, 0) is 119 Å². The number of unbranched alkanes of at least 4 members (excludes halogenated alkanes) is 3. The van der Waals surface area contributed by atoms with Gasteiger partial charge in [-0.2, -0.15) is 0 Å². The Labute approximate surface area is 279 Å². The fraction of sp³-hybridized carbons (Fsp3) is 0.442. The molecular formula is C43H55NOSi. The summed E-state index contributed by atoms with van der Waals surface area (Å²) in [6, 6.07) is 24.4. The Morgan fingerprint density at radius 1 is 0.739 bits per heavy atom. The molecule has 46 heavy (non-hydrogen) atoms. The third-order valence-corrected chi connectivity index (χ3v) is 17.3. The first-order valence-corrected chi connectivity index (χ1v) is 20.5. The monoisotopic (exact) mass is 629 g/mol. The van der Waals surface area contributed by atoms with Gasteiger partial charge in [0.1, 0.15) is 0 Å². The van der Waals surface area contributed by atoms with E-state index in [0.717, 1.165) is 13.0 Å². The minimum atomic E-state index is -1.92. The summed E-state index contributed by atoms with van der Waals surface area (Å²) in [4.78, 5) is 0. The van der Waals surface area contributed by atoms with E-state index < -0.39 is 8.07 Å². The second-order valence-corrected chi connectivity index (χ2v) is 20.3. The maximum atomic E-state index is 6.03. The highest BCUT2D eigenvalue weighted by atomic mass is 28.3. The van der Waals surface area contributed by atoms with Gasteiger partial charge in [-0.3, -0.25) is 0 Å². The van der Waals surface area contributed by atoms with Gasteiger partial charge in [-0.15, -0.1) is 0 Å². The molecule has 3 heteroatoms. The zero-order valence-corrected chi connectivity index (χ0v) is 31.1. The summed E-state index contributed by atoms with van der Waals surface area (Å²) >= 11 is 0. The number of nitrogens with zero attached hydrogens (tertiary/aromatic N) is 1. The first-order valence-electron chi connectivity index (χ1n) is 17.6. The second-order valence-electron chi connectivity index (χ2n) is 15.6. The van der Waals surface area contributed by atoms with Crippen LogP contribution in [-0.4, -0.2) is 24.8 Å². The summed E-state index contributed by atoms with van der Waals surface area (Å²) < 4.78 is 8.35. The fourth-order valence-electron chi connectivity index (χ4n) is 9.15. The molecule has 0 bridgehead atoms. The van der Waals surface area contributed by atoms with Crippen molar-refractivity contribution >= 4 is 36.0 Å². The molecule has 4 aromatic rings. The van der Waals surface area contributed by atoms with Crippen LogP contribution < -0.4 is 0 Å². The zero-order chi connectivity index (χ0) is 33.0. The van der Waals surface area contributed by atoms with E-state index in [4.69, 9.17) is 4.74 Å². The SMILES string of the molecule is CC1=Cc2c(-c3ccc4c(c3)c3ccccc3n4C)cccc2C1[Si](C)(CCCCCCOC(C)(C)C)C1C(C)=C(C)C(C)=C1C. The molecule has 6 rings (SSSR count).